The molecule has 0 radical (unpaired) electrons. The minimum Gasteiger partial charge on any atom is -0.495 e. The van der Waals surface area contributed by atoms with E-state index in [0.29, 0.717) is 12.0 Å². The van der Waals surface area contributed by atoms with Crippen molar-refractivity contribution in [3.05, 3.63) is 23.2 Å². The maximum Gasteiger partial charge on any atom is 0.191 e. The number of methoxy groups -OCH3 is 1. The van der Waals surface area contributed by atoms with Crippen LogP contribution in [-0.4, -0.2) is 69.8 Å². The predicted molar refractivity (Wildman–Crippen MR) is 118 cm³/mol. The first-order chi connectivity index (χ1) is 13.6. The molecule has 2 unspecified atom stereocenters. The number of nitrogens with one attached hydrogen (secondary N) is 2. The summed E-state index contributed by atoms with van der Waals surface area (Å²) in [6, 6.07) is 6.15. The van der Waals surface area contributed by atoms with Crippen LogP contribution in [-0.2, 0) is 0 Å². The molecule has 2 heterocycles. The van der Waals surface area contributed by atoms with Crippen LogP contribution in [0.5, 0.6) is 5.75 Å². The van der Waals surface area contributed by atoms with E-state index in [4.69, 9.17) is 21.3 Å². The molecule has 0 bridgehead atoms. The van der Waals surface area contributed by atoms with Crippen LogP contribution in [0, 0.1) is 5.92 Å². The minimum atomic E-state index is 0.359. The summed E-state index contributed by atoms with van der Waals surface area (Å²) in [6.07, 6.45) is 2.32. The van der Waals surface area contributed by atoms with Crippen LogP contribution >= 0.6 is 11.6 Å². The molecule has 6 nitrogen and oxygen atoms in total. The summed E-state index contributed by atoms with van der Waals surface area (Å²) in [5.74, 6) is 2.47. The standard InChI is InChI=1S/C21H34ClN5O/c1-4-23-21(24-13-16-8-10-26(5-2)14-16)25-18-9-11-27(15-18)19-12-17(22)6-7-20(19)28-3/h6-7,12,16,18H,4-5,8-11,13-15H2,1-3H3,(H2,23,24,25). The average molecular weight is 408 g/mol. The van der Waals surface area contributed by atoms with Gasteiger partial charge in [-0.05, 0) is 57.0 Å². The maximum atomic E-state index is 6.21. The van der Waals surface area contributed by atoms with Gasteiger partial charge in [0, 0.05) is 43.8 Å². The second-order valence-corrected chi connectivity index (χ2v) is 8.10. The van der Waals surface area contributed by atoms with E-state index >= 15 is 0 Å². The molecule has 2 fully saturated rings. The Morgan fingerprint density at radius 1 is 1.25 bits per heavy atom. The third-order valence-electron chi connectivity index (χ3n) is 5.68. The fourth-order valence-electron chi connectivity index (χ4n) is 4.09. The van der Waals surface area contributed by atoms with Crippen molar-refractivity contribution in [1.82, 2.24) is 15.5 Å². The molecule has 156 valence electrons. The quantitative estimate of drug-likeness (QED) is 0.537. The van der Waals surface area contributed by atoms with Crippen molar-refractivity contribution in [2.45, 2.75) is 32.7 Å². The summed E-state index contributed by atoms with van der Waals surface area (Å²) in [5.41, 5.74) is 1.06. The van der Waals surface area contributed by atoms with E-state index in [1.54, 1.807) is 7.11 Å². The maximum absolute atomic E-state index is 6.21. The Bertz CT molecular complexity index is 668. The lowest BCUT2D eigenvalue weighted by Gasteiger charge is -2.22. The molecule has 1 aromatic carbocycles. The molecule has 1 aromatic rings. The number of ether oxygens (including phenoxy) is 1. The zero-order chi connectivity index (χ0) is 19.9. The molecule has 0 aromatic heterocycles. The monoisotopic (exact) mass is 407 g/mol. The topological polar surface area (TPSA) is 52.1 Å². The van der Waals surface area contributed by atoms with Gasteiger partial charge in [0.25, 0.3) is 0 Å². The lowest BCUT2D eigenvalue weighted by Crippen LogP contribution is -2.45. The van der Waals surface area contributed by atoms with Crippen LogP contribution in [0.4, 0.5) is 5.69 Å². The number of hydrogen-bond donors (Lipinski definition) is 2. The van der Waals surface area contributed by atoms with E-state index in [-0.39, 0.29) is 0 Å². The molecular formula is C21H34ClN5O. The van der Waals surface area contributed by atoms with E-state index in [9.17, 15) is 0 Å². The first kappa shape index (κ1) is 21.1. The molecular weight excluding hydrogens is 374 g/mol. The Labute approximate surface area is 174 Å². The number of guanidine groups is 1. The molecule has 28 heavy (non-hydrogen) atoms. The Kier molecular flexibility index (Phi) is 7.68. The summed E-state index contributed by atoms with van der Waals surface area (Å²) in [7, 11) is 1.71. The molecule has 0 amide bonds. The second-order valence-electron chi connectivity index (χ2n) is 7.66. The largest absolute Gasteiger partial charge is 0.495 e. The van der Waals surface area contributed by atoms with Gasteiger partial charge in [0.15, 0.2) is 5.96 Å². The van der Waals surface area contributed by atoms with Crippen molar-refractivity contribution >= 4 is 23.2 Å². The first-order valence-electron chi connectivity index (χ1n) is 10.5. The summed E-state index contributed by atoms with van der Waals surface area (Å²) in [5, 5.41) is 7.77. The first-order valence-corrected chi connectivity index (χ1v) is 10.9. The van der Waals surface area contributed by atoms with Gasteiger partial charge in [0.1, 0.15) is 5.75 Å². The smallest absolute Gasteiger partial charge is 0.191 e. The summed E-state index contributed by atoms with van der Waals surface area (Å²) >= 11 is 6.21. The highest BCUT2D eigenvalue weighted by molar-refractivity contribution is 6.30. The molecule has 2 saturated heterocycles. The van der Waals surface area contributed by atoms with Gasteiger partial charge in [-0.25, -0.2) is 0 Å². The third kappa shape index (κ3) is 5.45. The highest BCUT2D eigenvalue weighted by Crippen LogP contribution is 2.33. The molecule has 7 heteroatoms. The van der Waals surface area contributed by atoms with Crippen molar-refractivity contribution in [2.24, 2.45) is 10.9 Å². The summed E-state index contributed by atoms with van der Waals surface area (Å²) in [6.45, 7) is 11.5. The number of nitrogens with zero attached hydrogens (tertiary/aromatic N) is 3. The number of likely N-dealkylation sites (tertiary alicyclic amines) is 1. The highest BCUT2D eigenvalue weighted by Gasteiger charge is 2.26. The Balaban J connectivity index is 1.57. The number of aliphatic imine (C=N–C) groups is 1. The Hall–Kier alpha value is -1.66. The van der Waals surface area contributed by atoms with Crippen LogP contribution in [0.25, 0.3) is 0 Å². The zero-order valence-electron chi connectivity index (χ0n) is 17.4. The molecule has 2 N–H and O–H groups in total. The van der Waals surface area contributed by atoms with Gasteiger partial charge in [-0.3, -0.25) is 4.99 Å². The van der Waals surface area contributed by atoms with E-state index in [1.807, 2.05) is 18.2 Å². The van der Waals surface area contributed by atoms with E-state index < -0.39 is 0 Å². The number of anilines is 1. The zero-order valence-corrected chi connectivity index (χ0v) is 18.1. The summed E-state index contributed by atoms with van der Waals surface area (Å²) < 4.78 is 5.52. The lowest BCUT2D eigenvalue weighted by molar-refractivity contribution is 0.343. The van der Waals surface area contributed by atoms with Gasteiger partial charge in [0.05, 0.1) is 12.8 Å². The van der Waals surface area contributed by atoms with Gasteiger partial charge in [-0.15, -0.1) is 0 Å². The highest BCUT2D eigenvalue weighted by atomic mass is 35.5. The Morgan fingerprint density at radius 2 is 2.11 bits per heavy atom. The predicted octanol–water partition coefficient (Wildman–Crippen LogP) is 2.82. The van der Waals surface area contributed by atoms with Gasteiger partial charge in [-0.2, -0.15) is 0 Å². The number of hydrogen-bond acceptors (Lipinski definition) is 4. The average Bonchev–Trinajstić information content (AvgIpc) is 3.35. The minimum absolute atomic E-state index is 0.359. The fourth-order valence-corrected chi connectivity index (χ4v) is 4.26. The van der Waals surface area contributed by atoms with Crippen molar-refractivity contribution < 1.29 is 4.74 Å². The van der Waals surface area contributed by atoms with Crippen molar-refractivity contribution in [2.75, 3.05) is 57.8 Å². The van der Waals surface area contributed by atoms with Crippen LogP contribution in [0.3, 0.4) is 0 Å². The summed E-state index contributed by atoms with van der Waals surface area (Å²) in [4.78, 5) is 9.72. The fraction of sp³-hybridized carbons (Fsp3) is 0.667. The molecule has 0 aliphatic carbocycles. The van der Waals surface area contributed by atoms with Crippen LogP contribution < -0.4 is 20.3 Å². The van der Waals surface area contributed by atoms with Crippen LogP contribution in [0.1, 0.15) is 26.7 Å². The van der Waals surface area contributed by atoms with Gasteiger partial charge >= 0.3 is 0 Å². The van der Waals surface area contributed by atoms with Crippen molar-refractivity contribution in [3.8, 4) is 5.75 Å². The second kappa shape index (κ2) is 10.2. The van der Waals surface area contributed by atoms with E-state index in [0.717, 1.165) is 61.6 Å². The molecule has 3 rings (SSSR count). The van der Waals surface area contributed by atoms with Gasteiger partial charge < -0.3 is 25.2 Å². The van der Waals surface area contributed by atoms with Crippen LogP contribution in [0.15, 0.2) is 23.2 Å². The van der Waals surface area contributed by atoms with Gasteiger partial charge in [0.2, 0.25) is 0 Å². The molecule has 2 atom stereocenters. The molecule has 0 spiro atoms. The molecule has 2 aliphatic heterocycles. The van der Waals surface area contributed by atoms with E-state index in [2.05, 4.69) is 34.3 Å². The van der Waals surface area contributed by atoms with E-state index in [1.165, 1.54) is 19.5 Å². The van der Waals surface area contributed by atoms with Crippen LogP contribution in [0.2, 0.25) is 5.02 Å². The van der Waals surface area contributed by atoms with Crippen molar-refractivity contribution in [1.29, 1.82) is 0 Å². The number of halogens is 1. The molecule has 2 aliphatic rings. The number of benzene rings is 1. The Morgan fingerprint density at radius 3 is 2.82 bits per heavy atom. The van der Waals surface area contributed by atoms with Crippen molar-refractivity contribution in [3.63, 3.8) is 0 Å². The molecule has 0 saturated carbocycles. The normalized spacial score (nSPS) is 23.3. The SMILES string of the molecule is CCNC(=NCC1CCN(CC)C1)NC1CCN(c2cc(Cl)ccc2OC)C1. The lowest BCUT2D eigenvalue weighted by atomic mass is 10.1. The van der Waals surface area contributed by atoms with Gasteiger partial charge in [-0.1, -0.05) is 18.5 Å². The third-order valence-corrected chi connectivity index (χ3v) is 5.91. The number of rotatable bonds is 7.